The summed E-state index contributed by atoms with van der Waals surface area (Å²) in [6, 6.07) is 17.3. The fourth-order valence-electron chi connectivity index (χ4n) is 2.67. The van der Waals surface area contributed by atoms with Crippen LogP contribution in [0, 0.1) is 0 Å². The summed E-state index contributed by atoms with van der Waals surface area (Å²) in [6.07, 6.45) is 3.18. The molecular weight excluding hydrogens is 376 g/mol. The van der Waals surface area contributed by atoms with E-state index < -0.39 is 0 Å². The minimum absolute atomic E-state index is 0.102. The maximum atomic E-state index is 12.2. The van der Waals surface area contributed by atoms with Crippen molar-refractivity contribution in [3.63, 3.8) is 0 Å². The van der Waals surface area contributed by atoms with Gasteiger partial charge in [-0.05, 0) is 29.8 Å². The highest BCUT2D eigenvalue weighted by molar-refractivity contribution is 7.99. The molecule has 1 aromatic carbocycles. The molecule has 0 fully saturated rings. The molecule has 0 aliphatic heterocycles. The Morgan fingerprint density at radius 1 is 1.00 bits per heavy atom. The summed E-state index contributed by atoms with van der Waals surface area (Å²) in [6.45, 7) is 0.945. The van der Waals surface area contributed by atoms with Crippen molar-refractivity contribution in [1.82, 2.24) is 20.1 Å². The van der Waals surface area contributed by atoms with Gasteiger partial charge in [-0.3, -0.25) is 9.36 Å². The van der Waals surface area contributed by atoms with Crippen molar-refractivity contribution in [2.45, 2.75) is 18.2 Å². The number of aromatic nitrogens is 3. The van der Waals surface area contributed by atoms with Gasteiger partial charge in [-0.25, -0.2) is 0 Å². The Morgan fingerprint density at radius 2 is 1.82 bits per heavy atom. The van der Waals surface area contributed by atoms with Crippen LogP contribution in [-0.4, -0.2) is 26.4 Å². The molecule has 0 saturated carbocycles. The summed E-state index contributed by atoms with van der Waals surface area (Å²) >= 11 is 1.33. The first-order valence-electron chi connectivity index (χ1n) is 8.72. The van der Waals surface area contributed by atoms with Crippen molar-refractivity contribution in [2.75, 3.05) is 5.75 Å². The quantitative estimate of drug-likeness (QED) is 0.460. The van der Waals surface area contributed by atoms with Gasteiger partial charge in [0.15, 0.2) is 10.9 Å². The Balaban J connectivity index is 1.47. The first-order valence-corrected chi connectivity index (χ1v) is 9.71. The Hall–Kier alpha value is -3.26. The second-order valence-electron chi connectivity index (χ2n) is 6.00. The zero-order chi connectivity index (χ0) is 19.2. The third-order valence-electron chi connectivity index (χ3n) is 4.01. The topological polar surface area (TPSA) is 86.1 Å². The average molecular weight is 394 g/mol. The van der Waals surface area contributed by atoms with Crippen molar-refractivity contribution in [2.24, 2.45) is 0 Å². The van der Waals surface area contributed by atoms with Crippen LogP contribution in [0.1, 0.15) is 11.3 Å². The molecule has 0 radical (unpaired) electrons. The Morgan fingerprint density at radius 3 is 2.57 bits per heavy atom. The Labute approximate surface area is 165 Å². The van der Waals surface area contributed by atoms with E-state index in [1.54, 1.807) is 18.6 Å². The lowest BCUT2D eigenvalue weighted by Crippen LogP contribution is -2.24. The van der Waals surface area contributed by atoms with Crippen LogP contribution >= 0.6 is 11.8 Å². The van der Waals surface area contributed by atoms with Crippen LogP contribution in [0.3, 0.4) is 0 Å². The Kier molecular flexibility index (Phi) is 5.58. The van der Waals surface area contributed by atoms with Gasteiger partial charge < -0.3 is 14.2 Å². The zero-order valence-electron chi connectivity index (χ0n) is 14.9. The first kappa shape index (κ1) is 18.1. The molecule has 0 bridgehead atoms. The van der Waals surface area contributed by atoms with Crippen LogP contribution in [0.15, 0.2) is 81.1 Å². The molecule has 4 rings (SSSR count). The van der Waals surface area contributed by atoms with Crippen molar-refractivity contribution in [1.29, 1.82) is 0 Å². The largest absolute Gasteiger partial charge is 0.467 e. The minimum atomic E-state index is -0.102. The van der Waals surface area contributed by atoms with Gasteiger partial charge in [0.1, 0.15) is 5.76 Å². The molecule has 3 aromatic heterocycles. The van der Waals surface area contributed by atoms with Gasteiger partial charge in [-0.1, -0.05) is 42.1 Å². The van der Waals surface area contributed by atoms with Crippen LogP contribution in [0.25, 0.3) is 11.6 Å². The monoisotopic (exact) mass is 394 g/mol. The second kappa shape index (κ2) is 8.62. The van der Waals surface area contributed by atoms with Crippen molar-refractivity contribution >= 4 is 17.7 Å². The van der Waals surface area contributed by atoms with E-state index in [1.807, 2.05) is 53.1 Å². The summed E-state index contributed by atoms with van der Waals surface area (Å²) in [5.74, 6) is 2.11. The molecule has 1 amide bonds. The van der Waals surface area contributed by atoms with Gasteiger partial charge in [0, 0.05) is 0 Å². The molecule has 0 unspecified atom stereocenters. The summed E-state index contributed by atoms with van der Waals surface area (Å²) < 4.78 is 12.7. The molecule has 1 N–H and O–H groups in total. The van der Waals surface area contributed by atoms with E-state index in [2.05, 4.69) is 15.5 Å². The molecule has 0 atom stereocenters. The van der Waals surface area contributed by atoms with Gasteiger partial charge >= 0.3 is 0 Å². The number of furan rings is 2. The summed E-state index contributed by atoms with van der Waals surface area (Å²) in [5.41, 5.74) is 1.11. The zero-order valence-corrected chi connectivity index (χ0v) is 15.8. The highest BCUT2D eigenvalue weighted by atomic mass is 32.2. The molecular formula is C20H18N4O3S. The molecule has 8 heteroatoms. The minimum Gasteiger partial charge on any atom is -0.467 e. The van der Waals surface area contributed by atoms with E-state index >= 15 is 0 Å². The lowest BCUT2D eigenvalue weighted by molar-refractivity contribution is -0.118. The predicted octanol–water partition coefficient (Wildman–Crippen LogP) is 3.59. The van der Waals surface area contributed by atoms with Crippen molar-refractivity contribution in [3.8, 4) is 11.6 Å². The van der Waals surface area contributed by atoms with E-state index in [0.29, 0.717) is 35.6 Å². The van der Waals surface area contributed by atoms with Crippen molar-refractivity contribution < 1.29 is 13.6 Å². The van der Waals surface area contributed by atoms with E-state index in [1.165, 1.54) is 11.8 Å². The smallest absolute Gasteiger partial charge is 0.230 e. The third-order valence-corrected chi connectivity index (χ3v) is 4.98. The summed E-state index contributed by atoms with van der Waals surface area (Å²) in [4.78, 5) is 12.2. The number of amides is 1. The lowest BCUT2D eigenvalue weighted by Gasteiger charge is -2.09. The number of nitrogens with one attached hydrogen (secondary N) is 1. The normalized spacial score (nSPS) is 10.9. The number of nitrogens with zero attached hydrogens (tertiary/aromatic N) is 3. The highest BCUT2D eigenvalue weighted by Crippen LogP contribution is 2.25. The van der Waals surface area contributed by atoms with Crippen LogP contribution in [-0.2, 0) is 17.9 Å². The van der Waals surface area contributed by atoms with Crippen LogP contribution in [0.4, 0.5) is 0 Å². The molecule has 4 aromatic rings. The van der Waals surface area contributed by atoms with Crippen LogP contribution in [0.5, 0.6) is 0 Å². The molecule has 0 aliphatic carbocycles. The van der Waals surface area contributed by atoms with Crippen molar-refractivity contribution in [3.05, 3.63) is 78.4 Å². The first-order chi connectivity index (χ1) is 13.8. The van der Waals surface area contributed by atoms with E-state index in [4.69, 9.17) is 8.83 Å². The summed E-state index contributed by atoms with van der Waals surface area (Å²) in [7, 11) is 0. The van der Waals surface area contributed by atoms with Gasteiger partial charge in [0.2, 0.25) is 11.7 Å². The molecule has 7 nitrogen and oxygen atoms in total. The van der Waals surface area contributed by atoms with E-state index in [9.17, 15) is 4.79 Å². The van der Waals surface area contributed by atoms with E-state index in [-0.39, 0.29) is 11.7 Å². The average Bonchev–Trinajstić information content (AvgIpc) is 3.47. The second-order valence-corrected chi connectivity index (χ2v) is 6.94. The predicted molar refractivity (Wildman–Crippen MR) is 105 cm³/mol. The molecule has 0 aliphatic rings. The van der Waals surface area contributed by atoms with Crippen LogP contribution in [0.2, 0.25) is 0 Å². The number of carbonyl (C=O) groups excluding carboxylic acids is 1. The third kappa shape index (κ3) is 4.34. The maximum Gasteiger partial charge on any atom is 0.230 e. The maximum absolute atomic E-state index is 12.2. The summed E-state index contributed by atoms with van der Waals surface area (Å²) in [5, 5.41) is 12.0. The number of hydrogen-bond donors (Lipinski definition) is 1. The van der Waals surface area contributed by atoms with Gasteiger partial charge in [-0.2, -0.15) is 0 Å². The highest BCUT2D eigenvalue weighted by Gasteiger charge is 2.17. The molecule has 28 heavy (non-hydrogen) atoms. The fraction of sp³-hybridized carbons (Fsp3) is 0.150. The van der Waals surface area contributed by atoms with E-state index in [0.717, 1.165) is 5.56 Å². The Bertz CT molecular complexity index is 1010. The number of hydrogen-bond acceptors (Lipinski definition) is 6. The van der Waals surface area contributed by atoms with Gasteiger partial charge in [-0.15, -0.1) is 10.2 Å². The molecule has 142 valence electrons. The number of rotatable bonds is 8. The number of benzene rings is 1. The van der Waals surface area contributed by atoms with Gasteiger partial charge in [0.05, 0.1) is 31.4 Å². The van der Waals surface area contributed by atoms with Gasteiger partial charge in [0.25, 0.3) is 0 Å². The fourth-order valence-corrected chi connectivity index (χ4v) is 3.44. The van der Waals surface area contributed by atoms with Crippen LogP contribution < -0.4 is 5.32 Å². The standard InChI is InChI=1S/C20H18N4O3S/c25-18(21-12-16-8-4-10-26-16)14-28-20-23-22-19(17-9-5-11-27-17)24(20)13-15-6-2-1-3-7-15/h1-11H,12-14H2,(H,21,25). The molecule has 0 spiro atoms. The number of carbonyl (C=O) groups is 1. The lowest BCUT2D eigenvalue weighted by atomic mass is 10.2. The molecule has 0 saturated heterocycles. The molecule has 3 heterocycles. The number of thioether (sulfide) groups is 1. The SMILES string of the molecule is O=C(CSc1nnc(-c2ccco2)n1Cc1ccccc1)NCc1ccco1.